The van der Waals surface area contributed by atoms with Crippen molar-refractivity contribution < 1.29 is 0 Å². The fourth-order valence-electron chi connectivity index (χ4n) is 2.03. The molecule has 2 aromatic rings. The summed E-state index contributed by atoms with van der Waals surface area (Å²) in [7, 11) is 0. The zero-order valence-corrected chi connectivity index (χ0v) is 12.2. The lowest BCUT2D eigenvalue weighted by molar-refractivity contribution is 0.714. The summed E-state index contributed by atoms with van der Waals surface area (Å²) in [6, 6.07) is 2.11. The molecule has 2 rings (SSSR count). The lowest BCUT2D eigenvalue weighted by atomic mass is 10.1. The van der Waals surface area contributed by atoms with E-state index in [0.717, 1.165) is 22.9 Å². The Bertz CT molecular complexity index is 550. The van der Waals surface area contributed by atoms with Crippen molar-refractivity contribution in [3.8, 4) is 0 Å². The summed E-state index contributed by atoms with van der Waals surface area (Å²) >= 11 is 0. The van der Waals surface area contributed by atoms with Crippen LogP contribution in [0.25, 0.3) is 5.65 Å². The molecule has 98 valence electrons. The third kappa shape index (κ3) is 2.26. The number of hydrogen-bond donors (Lipinski definition) is 0. The maximum Gasteiger partial charge on any atom is 0.140 e. The molecule has 0 bridgehead atoms. The van der Waals surface area contributed by atoms with E-state index in [-0.39, 0.29) is 0 Å². The Labute approximate surface area is 109 Å². The van der Waals surface area contributed by atoms with E-state index in [9.17, 15) is 0 Å². The standard InChI is InChI=1S/C15H23N3/c1-9(2)12-7-14-16-13(10(3)4)8-18(14)15(17-12)11(5)6/h7-11H,1-6H3. The Hall–Kier alpha value is -1.38. The van der Waals surface area contributed by atoms with Crippen LogP contribution in [0.4, 0.5) is 0 Å². The van der Waals surface area contributed by atoms with Gasteiger partial charge in [-0.05, 0) is 11.8 Å². The highest BCUT2D eigenvalue weighted by molar-refractivity contribution is 5.43. The predicted octanol–water partition coefficient (Wildman–Crippen LogP) is 4.10. The molecule has 3 nitrogen and oxygen atoms in total. The van der Waals surface area contributed by atoms with Crippen molar-refractivity contribution in [2.45, 2.75) is 59.3 Å². The van der Waals surface area contributed by atoms with E-state index in [2.05, 4.69) is 58.2 Å². The zero-order chi connectivity index (χ0) is 13.4. The first-order valence-electron chi connectivity index (χ1n) is 6.80. The molecule has 0 atom stereocenters. The van der Waals surface area contributed by atoms with E-state index >= 15 is 0 Å². The van der Waals surface area contributed by atoms with Gasteiger partial charge >= 0.3 is 0 Å². The van der Waals surface area contributed by atoms with E-state index < -0.39 is 0 Å². The van der Waals surface area contributed by atoms with Gasteiger partial charge in [0.1, 0.15) is 11.5 Å². The molecule has 0 radical (unpaired) electrons. The first-order valence-corrected chi connectivity index (χ1v) is 6.80. The molecule has 2 heterocycles. The van der Waals surface area contributed by atoms with Crippen LogP contribution in [-0.2, 0) is 0 Å². The lowest BCUT2D eigenvalue weighted by Crippen LogP contribution is -2.06. The molecule has 0 aromatic carbocycles. The minimum absolute atomic E-state index is 0.403. The summed E-state index contributed by atoms with van der Waals surface area (Å²) in [6.07, 6.45) is 2.13. The van der Waals surface area contributed by atoms with Gasteiger partial charge in [-0.2, -0.15) is 0 Å². The Morgan fingerprint density at radius 2 is 1.44 bits per heavy atom. The average Bonchev–Trinajstić information content (AvgIpc) is 2.70. The first-order chi connectivity index (χ1) is 8.40. The van der Waals surface area contributed by atoms with Crippen molar-refractivity contribution in [3.05, 3.63) is 29.5 Å². The zero-order valence-electron chi connectivity index (χ0n) is 12.2. The topological polar surface area (TPSA) is 30.2 Å². The molecular weight excluding hydrogens is 222 g/mol. The van der Waals surface area contributed by atoms with Crippen molar-refractivity contribution in [1.29, 1.82) is 0 Å². The van der Waals surface area contributed by atoms with Gasteiger partial charge in [0.05, 0.1) is 5.69 Å². The first kappa shape index (κ1) is 13.1. The second kappa shape index (κ2) is 4.71. The van der Waals surface area contributed by atoms with Gasteiger partial charge in [0.25, 0.3) is 0 Å². The van der Waals surface area contributed by atoms with Crippen LogP contribution >= 0.6 is 0 Å². The number of fused-ring (bicyclic) bond motifs is 1. The van der Waals surface area contributed by atoms with Gasteiger partial charge in [0.15, 0.2) is 0 Å². The Balaban J connectivity index is 2.69. The molecule has 0 aliphatic rings. The van der Waals surface area contributed by atoms with Crippen LogP contribution in [0.15, 0.2) is 12.3 Å². The van der Waals surface area contributed by atoms with Gasteiger partial charge in [-0.25, -0.2) is 9.97 Å². The molecule has 0 fully saturated rings. The van der Waals surface area contributed by atoms with Crippen LogP contribution in [0.1, 0.15) is 76.5 Å². The SMILES string of the molecule is CC(C)c1cc2nc(C(C)C)cn2c(C(C)C)n1. The van der Waals surface area contributed by atoms with Gasteiger partial charge in [-0.3, -0.25) is 4.40 Å². The fourth-order valence-corrected chi connectivity index (χ4v) is 2.03. The quantitative estimate of drug-likeness (QED) is 0.815. The molecule has 18 heavy (non-hydrogen) atoms. The van der Waals surface area contributed by atoms with Gasteiger partial charge in [0.2, 0.25) is 0 Å². The highest BCUT2D eigenvalue weighted by Crippen LogP contribution is 2.22. The van der Waals surface area contributed by atoms with Crippen LogP contribution < -0.4 is 0 Å². The molecule has 0 spiro atoms. The second-order valence-electron chi connectivity index (χ2n) is 5.90. The highest BCUT2D eigenvalue weighted by atomic mass is 15.1. The molecule has 0 unspecified atom stereocenters. The summed E-state index contributed by atoms with van der Waals surface area (Å²) < 4.78 is 2.14. The second-order valence-corrected chi connectivity index (χ2v) is 5.90. The number of imidazole rings is 1. The Morgan fingerprint density at radius 1 is 0.833 bits per heavy atom. The molecule has 0 saturated carbocycles. The van der Waals surface area contributed by atoms with Crippen molar-refractivity contribution in [1.82, 2.24) is 14.4 Å². The monoisotopic (exact) mass is 245 g/mol. The van der Waals surface area contributed by atoms with E-state index in [0.29, 0.717) is 17.8 Å². The summed E-state index contributed by atoms with van der Waals surface area (Å²) in [4.78, 5) is 9.52. The van der Waals surface area contributed by atoms with Crippen LogP contribution in [0.5, 0.6) is 0 Å². The third-order valence-electron chi connectivity index (χ3n) is 3.22. The third-order valence-corrected chi connectivity index (χ3v) is 3.22. The number of rotatable bonds is 3. The van der Waals surface area contributed by atoms with E-state index in [1.54, 1.807) is 0 Å². The molecule has 0 saturated heterocycles. The van der Waals surface area contributed by atoms with Crippen LogP contribution in [0.2, 0.25) is 0 Å². The molecule has 0 aliphatic heterocycles. The molecule has 0 aliphatic carbocycles. The number of hydrogen-bond acceptors (Lipinski definition) is 2. The predicted molar refractivity (Wildman–Crippen MR) is 75.3 cm³/mol. The summed E-state index contributed by atoms with van der Waals surface area (Å²) in [6.45, 7) is 13.1. The number of nitrogens with zero attached hydrogens (tertiary/aromatic N) is 3. The Morgan fingerprint density at radius 3 is 1.94 bits per heavy atom. The molecule has 0 N–H and O–H groups in total. The van der Waals surface area contributed by atoms with Crippen LogP contribution in [0.3, 0.4) is 0 Å². The summed E-state index contributed by atoms with van der Waals surface area (Å²) in [5.74, 6) is 2.40. The van der Waals surface area contributed by atoms with Gasteiger partial charge in [0, 0.05) is 23.9 Å². The van der Waals surface area contributed by atoms with Crippen molar-refractivity contribution >= 4 is 5.65 Å². The van der Waals surface area contributed by atoms with Gasteiger partial charge in [-0.1, -0.05) is 41.5 Å². The van der Waals surface area contributed by atoms with Crippen molar-refractivity contribution in [3.63, 3.8) is 0 Å². The maximum absolute atomic E-state index is 4.80. The normalized spacial score (nSPS) is 12.3. The van der Waals surface area contributed by atoms with E-state index in [1.165, 1.54) is 0 Å². The van der Waals surface area contributed by atoms with Crippen molar-refractivity contribution in [2.75, 3.05) is 0 Å². The van der Waals surface area contributed by atoms with Crippen molar-refractivity contribution in [2.24, 2.45) is 0 Å². The minimum Gasteiger partial charge on any atom is -0.287 e. The molecular formula is C15H23N3. The Kier molecular flexibility index (Phi) is 3.42. The molecule has 0 amide bonds. The fraction of sp³-hybridized carbons (Fsp3) is 0.600. The smallest absolute Gasteiger partial charge is 0.140 e. The average molecular weight is 245 g/mol. The maximum atomic E-state index is 4.80. The molecule has 3 heteroatoms. The van der Waals surface area contributed by atoms with Gasteiger partial charge in [-0.15, -0.1) is 0 Å². The minimum atomic E-state index is 0.403. The van der Waals surface area contributed by atoms with Gasteiger partial charge < -0.3 is 0 Å². The van der Waals surface area contributed by atoms with E-state index in [1.807, 2.05) is 0 Å². The molecule has 2 aromatic heterocycles. The number of aromatic nitrogens is 3. The largest absolute Gasteiger partial charge is 0.287 e. The summed E-state index contributed by atoms with van der Waals surface area (Å²) in [5.41, 5.74) is 3.30. The highest BCUT2D eigenvalue weighted by Gasteiger charge is 2.14. The van der Waals surface area contributed by atoms with E-state index in [4.69, 9.17) is 9.97 Å². The summed E-state index contributed by atoms with van der Waals surface area (Å²) in [5, 5.41) is 0. The van der Waals surface area contributed by atoms with Crippen LogP contribution in [0, 0.1) is 0 Å². The lowest BCUT2D eigenvalue weighted by Gasteiger charge is -2.12. The van der Waals surface area contributed by atoms with Crippen LogP contribution in [-0.4, -0.2) is 14.4 Å².